The van der Waals surface area contributed by atoms with Crippen LogP contribution >= 0.6 is 0 Å². The standard InChI is InChI=1S/C17H25N3O3/c1-14-3-4-16(17(13-14)20(21)22)19-8-2-7-18(9-10-19)15-5-11-23-12-6-15/h3-4,13,15H,2,5-12H2,1H3. The highest BCUT2D eigenvalue weighted by atomic mass is 16.6. The molecule has 6 nitrogen and oxygen atoms in total. The largest absolute Gasteiger partial charge is 0.381 e. The highest BCUT2D eigenvalue weighted by molar-refractivity contribution is 5.64. The molecule has 2 saturated heterocycles. The van der Waals surface area contributed by atoms with Crippen LogP contribution in [0.4, 0.5) is 11.4 Å². The molecule has 0 radical (unpaired) electrons. The van der Waals surface area contributed by atoms with Crippen molar-refractivity contribution in [3.8, 4) is 0 Å². The third-order valence-electron chi connectivity index (χ3n) is 4.91. The van der Waals surface area contributed by atoms with Crippen LogP contribution in [0.3, 0.4) is 0 Å². The van der Waals surface area contributed by atoms with Gasteiger partial charge in [-0.15, -0.1) is 0 Å². The van der Waals surface area contributed by atoms with Gasteiger partial charge in [0, 0.05) is 51.5 Å². The van der Waals surface area contributed by atoms with Gasteiger partial charge < -0.3 is 9.64 Å². The molecule has 2 aliphatic heterocycles. The van der Waals surface area contributed by atoms with Gasteiger partial charge in [-0.1, -0.05) is 6.07 Å². The minimum atomic E-state index is -0.260. The summed E-state index contributed by atoms with van der Waals surface area (Å²) in [6.45, 7) is 7.37. The highest BCUT2D eigenvalue weighted by Crippen LogP contribution is 2.30. The van der Waals surface area contributed by atoms with Crippen molar-refractivity contribution in [1.29, 1.82) is 0 Å². The van der Waals surface area contributed by atoms with Gasteiger partial charge in [0.2, 0.25) is 0 Å². The summed E-state index contributed by atoms with van der Waals surface area (Å²) < 4.78 is 5.45. The number of hydrogen-bond acceptors (Lipinski definition) is 5. The van der Waals surface area contributed by atoms with Gasteiger partial charge in [-0.25, -0.2) is 0 Å². The van der Waals surface area contributed by atoms with E-state index in [9.17, 15) is 10.1 Å². The van der Waals surface area contributed by atoms with E-state index in [4.69, 9.17) is 4.74 Å². The van der Waals surface area contributed by atoms with E-state index >= 15 is 0 Å². The smallest absolute Gasteiger partial charge is 0.292 e. The Morgan fingerprint density at radius 1 is 1.17 bits per heavy atom. The van der Waals surface area contributed by atoms with Gasteiger partial charge in [-0.2, -0.15) is 0 Å². The van der Waals surface area contributed by atoms with Crippen molar-refractivity contribution in [3.05, 3.63) is 33.9 Å². The molecule has 2 fully saturated rings. The van der Waals surface area contributed by atoms with Crippen molar-refractivity contribution < 1.29 is 9.66 Å². The van der Waals surface area contributed by atoms with Crippen molar-refractivity contribution in [3.63, 3.8) is 0 Å². The fraction of sp³-hybridized carbons (Fsp3) is 0.647. The Bertz CT molecular complexity index is 558. The average Bonchev–Trinajstić information content (AvgIpc) is 2.81. The lowest BCUT2D eigenvalue weighted by Gasteiger charge is -2.33. The van der Waals surface area contributed by atoms with Crippen LogP contribution in [0.1, 0.15) is 24.8 Å². The molecule has 0 saturated carbocycles. The van der Waals surface area contributed by atoms with E-state index in [0.717, 1.165) is 69.9 Å². The number of hydrogen-bond donors (Lipinski definition) is 0. The average molecular weight is 319 g/mol. The molecule has 2 heterocycles. The maximum atomic E-state index is 11.4. The summed E-state index contributed by atoms with van der Waals surface area (Å²) in [6, 6.07) is 6.15. The number of ether oxygens (including phenoxy) is 1. The monoisotopic (exact) mass is 319 g/mol. The third-order valence-corrected chi connectivity index (χ3v) is 4.91. The summed E-state index contributed by atoms with van der Waals surface area (Å²) >= 11 is 0. The summed E-state index contributed by atoms with van der Waals surface area (Å²) in [5, 5.41) is 11.4. The number of rotatable bonds is 3. The molecule has 0 bridgehead atoms. The molecule has 0 unspecified atom stereocenters. The van der Waals surface area contributed by atoms with Crippen LogP contribution in [0.15, 0.2) is 18.2 Å². The second-order valence-corrected chi connectivity index (χ2v) is 6.47. The summed E-state index contributed by atoms with van der Waals surface area (Å²) in [5.74, 6) is 0. The Balaban J connectivity index is 1.71. The zero-order valence-corrected chi connectivity index (χ0v) is 13.7. The Hall–Kier alpha value is -1.66. The first-order valence-corrected chi connectivity index (χ1v) is 8.47. The molecule has 0 aliphatic carbocycles. The van der Waals surface area contributed by atoms with Crippen LogP contribution in [0, 0.1) is 17.0 Å². The molecular weight excluding hydrogens is 294 g/mol. The Labute approximate surface area is 137 Å². The predicted octanol–water partition coefficient (Wildman–Crippen LogP) is 2.59. The minimum absolute atomic E-state index is 0.226. The summed E-state index contributed by atoms with van der Waals surface area (Å²) in [6.07, 6.45) is 3.25. The summed E-state index contributed by atoms with van der Waals surface area (Å²) in [7, 11) is 0. The van der Waals surface area contributed by atoms with Gasteiger partial charge in [0.25, 0.3) is 5.69 Å². The van der Waals surface area contributed by atoms with Gasteiger partial charge in [0.15, 0.2) is 0 Å². The van der Waals surface area contributed by atoms with E-state index in [-0.39, 0.29) is 10.6 Å². The first kappa shape index (κ1) is 16.2. The lowest BCUT2D eigenvalue weighted by molar-refractivity contribution is -0.384. The number of benzene rings is 1. The first-order chi connectivity index (χ1) is 11.1. The second kappa shape index (κ2) is 7.27. The number of nitrogens with zero attached hydrogens (tertiary/aromatic N) is 3. The predicted molar refractivity (Wildman–Crippen MR) is 90.1 cm³/mol. The van der Waals surface area contributed by atoms with Crippen LogP contribution in [0.5, 0.6) is 0 Å². The second-order valence-electron chi connectivity index (χ2n) is 6.47. The summed E-state index contributed by atoms with van der Waals surface area (Å²) in [4.78, 5) is 15.8. The number of nitro benzene ring substituents is 1. The molecule has 1 aromatic rings. The Morgan fingerprint density at radius 3 is 2.70 bits per heavy atom. The molecule has 3 rings (SSSR count). The fourth-order valence-electron chi connectivity index (χ4n) is 3.64. The fourth-order valence-corrected chi connectivity index (χ4v) is 3.64. The SMILES string of the molecule is Cc1ccc(N2CCCN(C3CCOCC3)CC2)c([N+](=O)[O-])c1. The Kier molecular flexibility index (Phi) is 5.13. The highest BCUT2D eigenvalue weighted by Gasteiger charge is 2.26. The van der Waals surface area contributed by atoms with Crippen molar-refractivity contribution in [2.24, 2.45) is 0 Å². The van der Waals surface area contributed by atoms with Gasteiger partial charge in [0.1, 0.15) is 5.69 Å². The van der Waals surface area contributed by atoms with E-state index in [1.807, 2.05) is 19.1 Å². The van der Waals surface area contributed by atoms with Crippen molar-refractivity contribution in [2.75, 3.05) is 44.3 Å². The molecule has 0 atom stereocenters. The van der Waals surface area contributed by atoms with Crippen LogP contribution in [-0.4, -0.2) is 55.3 Å². The lowest BCUT2D eigenvalue weighted by atomic mass is 10.1. The molecule has 0 aromatic heterocycles. The molecule has 23 heavy (non-hydrogen) atoms. The maximum absolute atomic E-state index is 11.4. The van der Waals surface area contributed by atoms with Crippen LogP contribution in [0.25, 0.3) is 0 Å². The van der Waals surface area contributed by atoms with Crippen LogP contribution in [0.2, 0.25) is 0 Å². The maximum Gasteiger partial charge on any atom is 0.292 e. The van der Waals surface area contributed by atoms with E-state index in [2.05, 4.69) is 9.80 Å². The summed E-state index contributed by atoms with van der Waals surface area (Å²) in [5.41, 5.74) is 1.91. The molecule has 6 heteroatoms. The van der Waals surface area contributed by atoms with Gasteiger partial charge in [-0.3, -0.25) is 15.0 Å². The number of aryl methyl sites for hydroxylation is 1. The minimum Gasteiger partial charge on any atom is -0.381 e. The van der Waals surface area contributed by atoms with Crippen LogP contribution in [-0.2, 0) is 4.74 Å². The van der Waals surface area contributed by atoms with Gasteiger partial charge >= 0.3 is 0 Å². The zero-order valence-electron chi connectivity index (χ0n) is 13.7. The van der Waals surface area contributed by atoms with Gasteiger partial charge in [0.05, 0.1) is 4.92 Å². The molecule has 0 N–H and O–H groups in total. The number of nitro groups is 1. The molecule has 1 aromatic carbocycles. The number of anilines is 1. The van der Waals surface area contributed by atoms with E-state index in [0.29, 0.717) is 6.04 Å². The molecule has 2 aliphatic rings. The normalized spacial score (nSPS) is 21.2. The van der Waals surface area contributed by atoms with Gasteiger partial charge in [-0.05, 0) is 37.8 Å². The van der Waals surface area contributed by atoms with E-state index in [1.165, 1.54) is 0 Å². The molecule has 0 amide bonds. The van der Waals surface area contributed by atoms with Crippen molar-refractivity contribution >= 4 is 11.4 Å². The molecule has 0 spiro atoms. The molecule has 126 valence electrons. The third kappa shape index (κ3) is 3.82. The topological polar surface area (TPSA) is 58.8 Å². The zero-order chi connectivity index (χ0) is 16.2. The van der Waals surface area contributed by atoms with Crippen LogP contribution < -0.4 is 4.90 Å². The van der Waals surface area contributed by atoms with E-state index < -0.39 is 0 Å². The van der Waals surface area contributed by atoms with Crippen molar-refractivity contribution in [1.82, 2.24) is 4.90 Å². The Morgan fingerprint density at radius 2 is 1.96 bits per heavy atom. The molecular formula is C17H25N3O3. The lowest BCUT2D eigenvalue weighted by Crippen LogP contribution is -2.41. The van der Waals surface area contributed by atoms with E-state index in [1.54, 1.807) is 6.07 Å². The first-order valence-electron chi connectivity index (χ1n) is 8.47. The quantitative estimate of drug-likeness (QED) is 0.633. The van der Waals surface area contributed by atoms with Crippen molar-refractivity contribution in [2.45, 2.75) is 32.2 Å².